The van der Waals surface area contributed by atoms with Gasteiger partial charge in [-0.25, -0.2) is 4.79 Å². The number of carboxylic acid groups (broad SMARTS) is 1. The van der Waals surface area contributed by atoms with Crippen LogP contribution in [0.3, 0.4) is 0 Å². The number of amides is 3. The standard InChI is InChI=1S/C19H23N3O4/c1-2-10-21-12-19(17(24)25)13-22(11-15(19)16(21)23)18(26)20-9-8-14-6-4-3-5-7-14/h2-7,15H,1,8-13H2,(H,20,26)(H,24,25)/t15-,19+/m1/s1. The average molecular weight is 357 g/mol. The first-order valence-corrected chi connectivity index (χ1v) is 8.68. The van der Waals surface area contributed by atoms with Crippen molar-refractivity contribution in [2.75, 3.05) is 32.7 Å². The Balaban J connectivity index is 1.61. The van der Waals surface area contributed by atoms with Crippen LogP contribution in [-0.4, -0.2) is 65.5 Å². The molecule has 2 N–H and O–H groups in total. The highest BCUT2D eigenvalue weighted by Gasteiger charge is 2.62. The molecule has 7 nitrogen and oxygen atoms in total. The first-order valence-electron chi connectivity index (χ1n) is 8.68. The van der Waals surface area contributed by atoms with Crippen molar-refractivity contribution in [1.82, 2.24) is 15.1 Å². The molecule has 2 aliphatic rings. The number of rotatable bonds is 6. The zero-order chi connectivity index (χ0) is 18.7. The Bertz CT molecular complexity index is 721. The Kier molecular flexibility index (Phi) is 4.97. The lowest BCUT2D eigenvalue weighted by Gasteiger charge is -2.25. The van der Waals surface area contributed by atoms with Crippen molar-refractivity contribution in [2.24, 2.45) is 11.3 Å². The lowest BCUT2D eigenvalue weighted by atomic mass is 9.81. The number of benzene rings is 1. The zero-order valence-corrected chi connectivity index (χ0v) is 14.6. The highest BCUT2D eigenvalue weighted by atomic mass is 16.4. The van der Waals surface area contributed by atoms with Crippen LogP contribution in [-0.2, 0) is 16.0 Å². The summed E-state index contributed by atoms with van der Waals surface area (Å²) in [4.78, 5) is 39.8. The number of carboxylic acids is 1. The third kappa shape index (κ3) is 3.16. The Morgan fingerprint density at radius 1 is 1.31 bits per heavy atom. The van der Waals surface area contributed by atoms with E-state index < -0.39 is 17.3 Å². The quantitative estimate of drug-likeness (QED) is 0.743. The first-order chi connectivity index (χ1) is 12.5. The second kappa shape index (κ2) is 7.19. The molecule has 0 bridgehead atoms. The van der Waals surface area contributed by atoms with E-state index in [4.69, 9.17) is 0 Å². The Morgan fingerprint density at radius 3 is 2.65 bits per heavy atom. The van der Waals surface area contributed by atoms with Gasteiger partial charge in [-0.05, 0) is 12.0 Å². The van der Waals surface area contributed by atoms with Gasteiger partial charge in [0, 0.05) is 32.7 Å². The number of fused-ring (bicyclic) bond motifs is 1. The normalized spacial score (nSPS) is 24.5. The van der Waals surface area contributed by atoms with Gasteiger partial charge in [0.15, 0.2) is 0 Å². The van der Waals surface area contributed by atoms with Gasteiger partial charge in [0.25, 0.3) is 0 Å². The van der Waals surface area contributed by atoms with Crippen LogP contribution in [0.4, 0.5) is 4.79 Å². The molecule has 2 atom stereocenters. The van der Waals surface area contributed by atoms with Crippen LogP contribution >= 0.6 is 0 Å². The molecule has 0 radical (unpaired) electrons. The second-order valence-corrected chi connectivity index (χ2v) is 6.87. The second-order valence-electron chi connectivity index (χ2n) is 6.87. The van der Waals surface area contributed by atoms with Gasteiger partial charge in [-0.15, -0.1) is 6.58 Å². The predicted molar refractivity (Wildman–Crippen MR) is 95.5 cm³/mol. The third-order valence-corrected chi connectivity index (χ3v) is 5.22. The Morgan fingerprint density at radius 2 is 2.04 bits per heavy atom. The van der Waals surface area contributed by atoms with Gasteiger partial charge >= 0.3 is 12.0 Å². The number of likely N-dealkylation sites (tertiary alicyclic amines) is 2. The van der Waals surface area contributed by atoms with Crippen molar-refractivity contribution in [3.05, 3.63) is 48.6 Å². The van der Waals surface area contributed by atoms with E-state index in [0.717, 1.165) is 5.56 Å². The van der Waals surface area contributed by atoms with Crippen LogP contribution in [0, 0.1) is 11.3 Å². The number of nitrogens with one attached hydrogen (secondary N) is 1. The number of carbonyl (C=O) groups is 3. The van der Waals surface area contributed by atoms with Crippen LogP contribution in [0.2, 0.25) is 0 Å². The molecule has 138 valence electrons. The molecule has 3 rings (SSSR count). The molecule has 2 aliphatic heterocycles. The summed E-state index contributed by atoms with van der Waals surface area (Å²) in [5.41, 5.74) is -0.111. The fourth-order valence-electron chi connectivity index (χ4n) is 3.84. The van der Waals surface area contributed by atoms with Crippen LogP contribution in [0.5, 0.6) is 0 Å². The van der Waals surface area contributed by atoms with Crippen molar-refractivity contribution in [1.29, 1.82) is 0 Å². The molecule has 0 spiro atoms. The summed E-state index contributed by atoms with van der Waals surface area (Å²) in [5.74, 6) is -1.94. The highest BCUT2D eigenvalue weighted by Crippen LogP contribution is 2.43. The minimum absolute atomic E-state index is 0.0452. The topological polar surface area (TPSA) is 90.0 Å². The summed E-state index contributed by atoms with van der Waals surface area (Å²) in [6.07, 6.45) is 2.28. The number of nitrogens with zero attached hydrogens (tertiary/aromatic N) is 2. The molecule has 26 heavy (non-hydrogen) atoms. The number of urea groups is 1. The molecule has 0 aliphatic carbocycles. The molecule has 1 aromatic carbocycles. The Hall–Kier alpha value is -2.83. The monoisotopic (exact) mass is 357 g/mol. The van der Waals surface area contributed by atoms with Crippen molar-refractivity contribution in [3.8, 4) is 0 Å². The maximum Gasteiger partial charge on any atom is 0.317 e. The maximum atomic E-state index is 12.5. The highest BCUT2D eigenvalue weighted by molar-refractivity contribution is 5.93. The SMILES string of the molecule is C=CCN1C[C@]2(C(=O)O)CN(C(=O)NCCc3ccccc3)C[C@@H]2C1=O. The number of carbonyl (C=O) groups excluding carboxylic acids is 2. The average Bonchev–Trinajstić information content (AvgIpc) is 3.13. The zero-order valence-electron chi connectivity index (χ0n) is 14.6. The largest absolute Gasteiger partial charge is 0.481 e. The molecule has 1 aromatic rings. The number of aliphatic carboxylic acids is 1. The molecule has 2 heterocycles. The summed E-state index contributed by atoms with van der Waals surface area (Å²) >= 11 is 0. The summed E-state index contributed by atoms with van der Waals surface area (Å²) in [5, 5.41) is 12.6. The lowest BCUT2D eigenvalue weighted by molar-refractivity contribution is -0.149. The van der Waals surface area contributed by atoms with E-state index in [1.54, 1.807) is 6.08 Å². The van der Waals surface area contributed by atoms with E-state index >= 15 is 0 Å². The smallest absolute Gasteiger partial charge is 0.317 e. The lowest BCUT2D eigenvalue weighted by Crippen LogP contribution is -2.45. The molecular formula is C19H23N3O4. The molecule has 2 fully saturated rings. The van der Waals surface area contributed by atoms with Crippen LogP contribution < -0.4 is 5.32 Å². The van der Waals surface area contributed by atoms with Gasteiger partial charge in [-0.2, -0.15) is 0 Å². The van der Waals surface area contributed by atoms with Crippen LogP contribution in [0.25, 0.3) is 0 Å². The molecule has 7 heteroatoms. The van der Waals surface area contributed by atoms with E-state index in [-0.39, 0.29) is 31.6 Å². The molecule has 0 unspecified atom stereocenters. The van der Waals surface area contributed by atoms with Crippen molar-refractivity contribution >= 4 is 17.9 Å². The molecular weight excluding hydrogens is 334 g/mol. The summed E-state index contributed by atoms with van der Waals surface area (Å²) < 4.78 is 0. The van der Waals surface area contributed by atoms with Crippen molar-refractivity contribution in [2.45, 2.75) is 6.42 Å². The molecule has 0 aromatic heterocycles. The summed E-state index contributed by atoms with van der Waals surface area (Å²) in [6.45, 7) is 4.69. The van der Waals surface area contributed by atoms with E-state index in [1.165, 1.54) is 9.80 Å². The van der Waals surface area contributed by atoms with E-state index in [1.807, 2.05) is 30.3 Å². The van der Waals surface area contributed by atoms with Gasteiger partial charge in [0.2, 0.25) is 5.91 Å². The van der Waals surface area contributed by atoms with Crippen LogP contribution in [0.15, 0.2) is 43.0 Å². The fourth-order valence-corrected chi connectivity index (χ4v) is 3.84. The number of hydrogen-bond acceptors (Lipinski definition) is 3. The van der Waals surface area contributed by atoms with Crippen LogP contribution in [0.1, 0.15) is 5.56 Å². The van der Waals surface area contributed by atoms with Crippen molar-refractivity contribution in [3.63, 3.8) is 0 Å². The fraction of sp³-hybridized carbons (Fsp3) is 0.421. The van der Waals surface area contributed by atoms with Gasteiger partial charge < -0.3 is 20.2 Å². The first kappa shape index (κ1) is 18.0. The van der Waals surface area contributed by atoms with Gasteiger partial charge in [-0.1, -0.05) is 36.4 Å². The Labute approximate surface area is 152 Å². The minimum Gasteiger partial charge on any atom is -0.481 e. The minimum atomic E-state index is -1.23. The van der Waals surface area contributed by atoms with E-state index in [2.05, 4.69) is 11.9 Å². The molecule has 3 amide bonds. The van der Waals surface area contributed by atoms with E-state index in [0.29, 0.717) is 19.5 Å². The third-order valence-electron chi connectivity index (χ3n) is 5.22. The van der Waals surface area contributed by atoms with Crippen molar-refractivity contribution < 1.29 is 19.5 Å². The predicted octanol–water partition coefficient (Wildman–Crippen LogP) is 0.970. The van der Waals surface area contributed by atoms with E-state index in [9.17, 15) is 19.5 Å². The summed E-state index contributed by atoms with van der Waals surface area (Å²) in [7, 11) is 0. The number of hydrogen-bond donors (Lipinski definition) is 2. The van der Waals surface area contributed by atoms with Gasteiger partial charge in [0.1, 0.15) is 5.41 Å². The maximum absolute atomic E-state index is 12.5. The molecule has 2 saturated heterocycles. The van der Waals surface area contributed by atoms with Gasteiger partial charge in [0.05, 0.1) is 5.92 Å². The molecule has 0 saturated carbocycles. The van der Waals surface area contributed by atoms with Gasteiger partial charge in [-0.3, -0.25) is 9.59 Å². The summed E-state index contributed by atoms with van der Waals surface area (Å²) in [6, 6.07) is 9.46.